The first-order chi connectivity index (χ1) is 14.2. The highest BCUT2D eigenvalue weighted by Crippen LogP contribution is 2.42. The summed E-state index contributed by atoms with van der Waals surface area (Å²) in [5, 5.41) is 0.286. The zero-order valence-electron chi connectivity index (χ0n) is 20.8. The highest BCUT2D eigenvalue weighted by molar-refractivity contribution is 6.74. The van der Waals surface area contributed by atoms with Crippen LogP contribution >= 0.6 is 0 Å². The van der Waals surface area contributed by atoms with E-state index in [0.29, 0.717) is 17.8 Å². The van der Waals surface area contributed by atoms with Crippen LogP contribution in [0.1, 0.15) is 73.1 Å². The Morgan fingerprint density at radius 1 is 0.900 bits per heavy atom. The predicted octanol–water partition coefficient (Wildman–Crippen LogP) is 8.14. The van der Waals surface area contributed by atoms with Crippen LogP contribution in [0.25, 0.3) is 0 Å². The number of hydrogen-bond acceptors (Lipinski definition) is 2. The average Bonchev–Trinajstić information content (AvgIpc) is 3.26. The topological polar surface area (TPSA) is 18.5 Å². The molecule has 0 bridgehead atoms. The molecule has 0 N–H and O–H groups in total. The van der Waals surface area contributed by atoms with Gasteiger partial charge in [0.15, 0.2) is 8.32 Å². The maximum atomic E-state index is 6.50. The molecule has 2 aliphatic carbocycles. The number of hydrogen-bond donors (Lipinski definition) is 0. The first-order valence-electron chi connectivity index (χ1n) is 12.4. The molecule has 0 radical (unpaired) electrons. The molecule has 30 heavy (non-hydrogen) atoms. The first-order valence-corrected chi connectivity index (χ1v) is 15.3. The van der Waals surface area contributed by atoms with Gasteiger partial charge in [0.25, 0.3) is 0 Å². The number of rotatable bonds is 10. The average molecular weight is 433 g/mol. The van der Waals surface area contributed by atoms with Gasteiger partial charge in [-0.15, -0.1) is 0 Å². The second-order valence-electron chi connectivity index (χ2n) is 11.1. The SMILES string of the molecule is C/C=C/C1CCC(/C=C\C2CC(/C=C/OCC)C(CCO[Si](C)(C)C(C)(C)C)C2)C1. The predicted molar refractivity (Wildman–Crippen MR) is 133 cm³/mol. The van der Waals surface area contributed by atoms with E-state index in [9.17, 15) is 0 Å². The Labute approximate surface area is 188 Å². The summed E-state index contributed by atoms with van der Waals surface area (Å²) in [6, 6.07) is 0. The molecule has 0 heterocycles. The van der Waals surface area contributed by atoms with Crippen molar-refractivity contribution in [1.82, 2.24) is 0 Å². The lowest BCUT2D eigenvalue weighted by molar-refractivity contribution is 0.239. The highest BCUT2D eigenvalue weighted by atomic mass is 28.4. The summed E-state index contributed by atoms with van der Waals surface area (Å²) in [7, 11) is -1.66. The molecule has 2 rings (SSSR count). The van der Waals surface area contributed by atoms with Crippen molar-refractivity contribution in [3.63, 3.8) is 0 Å². The maximum Gasteiger partial charge on any atom is 0.191 e. The largest absolute Gasteiger partial charge is 0.502 e. The molecule has 3 heteroatoms. The fourth-order valence-corrected chi connectivity index (χ4v) is 5.91. The summed E-state index contributed by atoms with van der Waals surface area (Å²) in [5.74, 6) is 3.62. The van der Waals surface area contributed by atoms with Crippen LogP contribution in [0.2, 0.25) is 18.1 Å². The van der Waals surface area contributed by atoms with Crippen LogP contribution < -0.4 is 0 Å². The van der Waals surface area contributed by atoms with E-state index in [4.69, 9.17) is 9.16 Å². The van der Waals surface area contributed by atoms with Gasteiger partial charge in [0.05, 0.1) is 12.9 Å². The number of ether oxygens (including phenoxy) is 1. The van der Waals surface area contributed by atoms with E-state index in [1.54, 1.807) is 0 Å². The third-order valence-electron chi connectivity index (χ3n) is 7.77. The fraction of sp³-hybridized carbons (Fsp3) is 0.778. The van der Waals surface area contributed by atoms with Gasteiger partial charge in [-0.25, -0.2) is 0 Å². The molecule has 0 spiro atoms. The molecule has 5 unspecified atom stereocenters. The molecule has 2 nitrogen and oxygen atoms in total. The van der Waals surface area contributed by atoms with Crippen molar-refractivity contribution in [3.05, 3.63) is 36.6 Å². The van der Waals surface area contributed by atoms with Gasteiger partial charge in [-0.1, -0.05) is 45.1 Å². The Bertz CT molecular complexity index is 584. The number of allylic oxidation sites excluding steroid dienone is 5. The van der Waals surface area contributed by atoms with E-state index in [2.05, 4.69) is 78.1 Å². The second-order valence-corrected chi connectivity index (χ2v) is 15.9. The summed E-state index contributed by atoms with van der Waals surface area (Å²) in [6.45, 7) is 17.6. The third-order valence-corrected chi connectivity index (χ3v) is 12.3. The van der Waals surface area contributed by atoms with E-state index in [0.717, 1.165) is 25.0 Å². The quantitative estimate of drug-likeness (QED) is 0.197. The zero-order valence-corrected chi connectivity index (χ0v) is 21.8. The Morgan fingerprint density at radius 3 is 2.20 bits per heavy atom. The van der Waals surface area contributed by atoms with Crippen LogP contribution in [-0.2, 0) is 9.16 Å². The van der Waals surface area contributed by atoms with Crippen LogP contribution in [0.15, 0.2) is 36.6 Å². The Morgan fingerprint density at radius 2 is 1.57 bits per heavy atom. The summed E-state index contributed by atoms with van der Waals surface area (Å²) in [5.41, 5.74) is 0. The zero-order chi connectivity index (χ0) is 22.2. The normalized spacial score (nSPS) is 31.0. The molecule has 2 aliphatic rings. The van der Waals surface area contributed by atoms with Gasteiger partial charge in [-0.05, 0) is 106 Å². The van der Waals surface area contributed by atoms with Crippen LogP contribution in [0.5, 0.6) is 0 Å². The molecule has 0 aromatic heterocycles. The lowest BCUT2D eigenvalue weighted by Gasteiger charge is -2.36. The lowest BCUT2D eigenvalue weighted by atomic mass is 9.93. The molecular weight excluding hydrogens is 384 g/mol. The summed E-state index contributed by atoms with van der Waals surface area (Å²) in [4.78, 5) is 0. The van der Waals surface area contributed by atoms with Crippen LogP contribution in [-0.4, -0.2) is 21.5 Å². The van der Waals surface area contributed by atoms with Crippen LogP contribution in [0, 0.1) is 29.6 Å². The van der Waals surface area contributed by atoms with Crippen LogP contribution in [0.3, 0.4) is 0 Å². The molecule has 172 valence electrons. The van der Waals surface area contributed by atoms with Gasteiger partial charge in [0.2, 0.25) is 0 Å². The second kappa shape index (κ2) is 11.7. The van der Waals surface area contributed by atoms with Gasteiger partial charge >= 0.3 is 0 Å². The Kier molecular flexibility index (Phi) is 9.94. The molecule has 0 amide bonds. The van der Waals surface area contributed by atoms with Crippen molar-refractivity contribution in [3.8, 4) is 0 Å². The van der Waals surface area contributed by atoms with Crippen molar-refractivity contribution in [2.45, 2.75) is 91.3 Å². The van der Waals surface area contributed by atoms with Crippen molar-refractivity contribution >= 4 is 8.32 Å². The van der Waals surface area contributed by atoms with E-state index in [1.165, 1.54) is 38.5 Å². The van der Waals surface area contributed by atoms with E-state index in [-0.39, 0.29) is 5.04 Å². The molecule has 5 atom stereocenters. The Hall–Kier alpha value is -0.803. The smallest absolute Gasteiger partial charge is 0.191 e. The molecule has 0 aromatic rings. The van der Waals surface area contributed by atoms with Gasteiger partial charge < -0.3 is 9.16 Å². The minimum Gasteiger partial charge on any atom is -0.502 e. The van der Waals surface area contributed by atoms with Crippen molar-refractivity contribution in [2.24, 2.45) is 29.6 Å². The van der Waals surface area contributed by atoms with Gasteiger partial charge in [-0.2, -0.15) is 0 Å². The molecule has 0 aromatic carbocycles. The molecule has 2 saturated carbocycles. The van der Waals surface area contributed by atoms with Crippen LogP contribution in [0.4, 0.5) is 0 Å². The van der Waals surface area contributed by atoms with E-state index >= 15 is 0 Å². The minimum absolute atomic E-state index is 0.286. The first kappa shape index (κ1) is 25.5. The monoisotopic (exact) mass is 432 g/mol. The fourth-order valence-electron chi connectivity index (χ4n) is 4.85. The molecule has 0 saturated heterocycles. The molecular formula is C27H48O2Si. The molecule has 0 aliphatic heterocycles. The standard InChI is InChI=1S/C27H48O2Si/c1-8-10-22-11-12-23(19-22)13-14-24-20-25(15-17-28-9-2)26(21-24)16-18-29-30(6,7)27(3,4)5/h8,10,13-15,17,22-26H,9,11-12,16,18-21H2,1-7H3/b10-8+,14-13-,17-15+. The minimum atomic E-state index is -1.66. The van der Waals surface area contributed by atoms with Crippen molar-refractivity contribution in [1.29, 1.82) is 0 Å². The van der Waals surface area contributed by atoms with E-state index < -0.39 is 8.32 Å². The lowest BCUT2D eigenvalue weighted by Crippen LogP contribution is -2.41. The Balaban J connectivity index is 1.90. The summed E-state index contributed by atoms with van der Waals surface area (Å²) >= 11 is 0. The van der Waals surface area contributed by atoms with Crippen molar-refractivity contribution in [2.75, 3.05) is 13.2 Å². The van der Waals surface area contributed by atoms with Gasteiger partial charge in [0, 0.05) is 6.61 Å². The summed E-state index contributed by atoms with van der Waals surface area (Å²) < 4.78 is 12.0. The van der Waals surface area contributed by atoms with E-state index in [1.807, 2.05) is 6.26 Å². The van der Waals surface area contributed by atoms with Gasteiger partial charge in [0.1, 0.15) is 0 Å². The van der Waals surface area contributed by atoms with Gasteiger partial charge in [-0.3, -0.25) is 0 Å². The maximum absolute atomic E-state index is 6.50. The molecule has 2 fully saturated rings. The highest BCUT2D eigenvalue weighted by Gasteiger charge is 2.38. The third kappa shape index (κ3) is 7.71. The summed E-state index contributed by atoms with van der Waals surface area (Å²) in [6.07, 6.45) is 21.8. The van der Waals surface area contributed by atoms with Crippen molar-refractivity contribution < 1.29 is 9.16 Å².